The van der Waals surface area contributed by atoms with Crippen LogP contribution >= 0.6 is 23.2 Å². The Morgan fingerprint density at radius 1 is 1.33 bits per heavy atom. The van der Waals surface area contributed by atoms with Crippen LogP contribution in [0.2, 0.25) is 5.02 Å². The molecule has 1 aliphatic rings. The highest BCUT2D eigenvalue weighted by atomic mass is 35.5. The standard InChI is InChI=1S/C12H10Cl2FN3/c13-6-11-16-17-12(18(11)8-2-3-8)7-1-4-10(15)9(14)5-7/h1,4-5,8H,2-3,6H2. The fourth-order valence-electron chi connectivity index (χ4n) is 1.96. The van der Waals surface area contributed by atoms with E-state index in [2.05, 4.69) is 10.2 Å². The SMILES string of the molecule is Fc1ccc(-c2nnc(CCl)n2C2CC2)cc1Cl. The van der Waals surface area contributed by atoms with Crippen molar-refractivity contribution in [2.24, 2.45) is 0 Å². The van der Waals surface area contributed by atoms with Crippen molar-refractivity contribution in [2.75, 3.05) is 0 Å². The highest BCUT2D eigenvalue weighted by molar-refractivity contribution is 6.31. The van der Waals surface area contributed by atoms with Gasteiger partial charge in [-0.05, 0) is 31.0 Å². The molecule has 0 N–H and O–H groups in total. The average Bonchev–Trinajstić information content (AvgIpc) is 3.12. The van der Waals surface area contributed by atoms with E-state index in [0.29, 0.717) is 17.7 Å². The summed E-state index contributed by atoms with van der Waals surface area (Å²) in [6.45, 7) is 0. The molecule has 1 saturated carbocycles. The van der Waals surface area contributed by atoms with Crippen molar-refractivity contribution in [1.29, 1.82) is 0 Å². The second-order valence-corrected chi connectivity index (χ2v) is 4.98. The first-order valence-electron chi connectivity index (χ1n) is 5.66. The molecule has 0 aliphatic heterocycles. The topological polar surface area (TPSA) is 30.7 Å². The maximum absolute atomic E-state index is 13.2. The number of aromatic nitrogens is 3. The van der Waals surface area contributed by atoms with Crippen LogP contribution in [-0.4, -0.2) is 14.8 Å². The van der Waals surface area contributed by atoms with Crippen molar-refractivity contribution in [3.63, 3.8) is 0 Å². The Balaban J connectivity index is 2.10. The van der Waals surface area contributed by atoms with Gasteiger partial charge in [-0.3, -0.25) is 0 Å². The summed E-state index contributed by atoms with van der Waals surface area (Å²) in [5.41, 5.74) is 0.761. The van der Waals surface area contributed by atoms with Gasteiger partial charge in [0.25, 0.3) is 0 Å². The van der Waals surface area contributed by atoms with Crippen LogP contribution in [0.1, 0.15) is 24.7 Å². The van der Waals surface area contributed by atoms with Gasteiger partial charge in [-0.15, -0.1) is 21.8 Å². The summed E-state index contributed by atoms with van der Waals surface area (Å²) in [5.74, 6) is 1.33. The Labute approximate surface area is 114 Å². The predicted octanol–water partition coefficient (Wildman–Crippen LogP) is 3.81. The van der Waals surface area contributed by atoms with E-state index in [1.54, 1.807) is 12.1 Å². The maximum Gasteiger partial charge on any atom is 0.164 e. The molecule has 1 aromatic carbocycles. The lowest BCUT2D eigenvalue weighted by atomic mass is 10.2. The number of rotatable bonds is 3. The first-order valence-corrected chi connectivity index (χ1v) is 6.57. The molecule has 1 aromatic heterocycles. The van der Waals surface area contributed by atoms with Crippen molar-refractivity contribution in [1.82, 2.24) is 14.8 Å². The summed E-state index contributed by atoms with van der Waals surface area (Å²) in [6.07, 6.45) is 2.20. The van der Waals surface area contributed by atoms with Gasteiger partial charge in [0, 0.05) is 11.6 Å². The van der Waals surface area contributed by atoms with Crippen molar-refractivity contribution >= 4 is 23.2 Å². The van der Waals surface area contributed by atoms with Crippen LogP contribution in [0.15, 0.2) is 18.2 Å². The van der Waals surface area contributed by atoms with E-state index in [1.807, 2.05) is 4.57 Å². The molecule has 2 aromatic rings. The summed E-state index contributed by atoms with van der Waals surface area (Å²) < 4.78 is 15.2. The van der Waals surface area contributed by atoms with Crippen molar-refractivity contribution < 1.29 is 4.39 Å². The van der Waals surface area contributed by atoms with E-state index >= 15 is 0 Å². The van der Waals surface area contributed by atoms with Gasteiger partial charge in [-0.1, -0.05) is 11.6 Å². The van der Waals surface area contributed by atoms with Gasteiger partial charge in [-0.25, -0.2) is 4.39 Å². The van der Waals surface area contributed by atoms with Gasteiger partial charge < -0.3 is 4.57 Å². The summed E-state index contributed by atoms with van der Waals surface area (Å²) >= 11 is 11.6. The first-order chi connectivity index (χ1) is 8.70. The molecular weight excluding hydrogens is 276 g/mol. The van der Waals surface area contributed by atoms with Gasteiger partial charge in [0.1, 0.15) is 11.6 Å². The van der Waals surface area contributed by atoms with E-state index in [0.717, 1.165) is 24.2 Å². The maximum atomic E-state index is 13.2. The lowest BCUT2D eigenvalue weighted by Crippen LogP contribution is -2.02. The summed E-state index contributed by atoms with van der Waals surface area (Å²) in [5, 5.41) is 8.29. The molecule has 1 fully saturated rings. The molecule has 1 aliphatic carbocycles. The Hall–Kier alpha value is -1.13. The Kier molecular flexibility index (Phi) is 2.99. The van der Waals surface area contributed by atoms with Gasteiger partial charge in [0.2, 0.25) is 0 Å². The normalized spacial score (nSPS) is 15.1. The van der Waals surface area contributed by atoms with E-state index < -0.39 is 5.82 Å². The molecule has 0 atom stereocenters. The Morgan fingerprint density at radius 2 is 2.11 bits per heavy atom. The minimum atomic E-state index is -0.435. The Bertz CT molecular complexity index is 593. The predicted molar refractivity (Wildman–Crippen MR) is 68.3 cm³/mol. The average molecular weight is 286 g/mol. The third-order valence-electron chi connectivity index (χ3n) is 2.98. The molecule has 0 saturated heterocycles. The molecule has 18 heavy (non-hydrogen) atoms. The van der Waals surface area contributed by atoms with E-state index in [9.17, 15) is 4.39 Å². The zero-order valence-corrected chi connectivity index (χ0v) is 10.9. The summed E-state index contributed by atoms with van der Waals surface area (Å²) in [7, 11) is 0. The van der Waals surface area contributed by atoms with Gasteiger partial charge in [0.15, 0.2) is 5.82 Å². The molecular formula is C12H10Cl2FN3. The minimum absolute atomic E-state index is 0.0882. The highest BCUT2D eigenvalue weighted by Crippen LogP contribution is 2.39. The number of nitrogens with zero attached hydrogens (tertiary/aromatic N) is 3. The smallest absolute Gasteiger partial charge is 0.164 e. The molecule has 0 spiro atoms. The molecule has 0 radical (unpaired) electrons. The van der Waals surface area contributed by atoms with Crippen LogP contribution in [0.5, 0.6) is 0 Å². The molecule has 0 unspecified atom stereocenters. The third-order valence-corrected chi connectivity index (χ3v) is 3.50. The van der Waals surface area contributed by atoms with Gasteiger partial charge >= 0.3 is 0 Å². The van der Waals surface area contributed by atoms with Crippen LogP contribution in [0.3, 0.4) is 0 Å². The minimum Gasteiger partial charge on any atom is -0.307 e. The zero-order chi connectivity index (χ0) is 12.7. The van der Waals surface area contributed by atoms with Crippen LogP contribution < -0.4 is 0 Å². The van der Waals surface area contributed by atoms with Crippen LogP contribution in [-0.2, 0) is 5.88 Å². The van der Waals surface area contributed by atoms with Crippen LogP contribution in [0, 0.1) is 5.82 Å². The van der Waals surface area contributed by atoms with Crippen LogP contribution in [0.4, 0.5) is 4.39 Å². The lowest BCUT2D eigenvalue weighted by molar-refractivity contribution is 0.628. The van der Waals surface area contributed by atoms with E-state index in [-0.39, 0.29) is 5.02 Å². The second-order valence-electron chi connectivity index (χ2n) is 4.30. The second kappa shape index (κ2) is 4.52. The summed E-state index contributed by atoms with van der Waals surface area (Å²) in [6, 6.07) is 4.97. The van der Waals surface area contributed by atoms with Crippen molar-refractivity contribution in [3.8, 4) is 11.4 Å². The van der Waals surface area contributed by atoms with Gasteiger partial charge in [-0.2, -0.15) is 0 Å². The third kappa shape index (κ3) is 1.99. The summed E-state index contributed by atoms with van der Waals surface area (Å²) in [4.78, 5) is 0. The number of hydrogen-bond acceptors (Lipinski definition) is 2. The molecule has 0 amide bonds. The van der Waals surface area contributed by atoms with Crippen LogP contribution in [0.25, 0.3) is 11.4 Å². The number of hydrogen-bond donors (Lipinski definition) is 0. The number of benzene rings is 1. The fraction of sp³-hybridized carbons (Fsp3) is 0.333. The molecule has 0 bridgehead atoms. The fourth-order valence-corrected chi connectivity index (χ4v) is 2.33. The van der Waals surface area contributed by atoms with E-state index in [1.165, 1.54) is 6.07 Å². The van der Waals surface area contributed by atoms with Crippen molar-refractivity contribution in [3.05, 3.63) is 34.9 Å². The lowest BCUT2D eigenvalue weighted by Gasteiger charge is -2.08. The quantitative estimate of drug-likeness (QED) is 0.803. The highest BCUT2D eigenvalue weighted by Gasteiger charge is 2.29. The molecule has 6 heteroatoms. The van der Waals surface area contributed by atoms with E-state index in [4.69, 9.17) is 23.2 Å². The first kappa shape index (κ1) is 11.9. The number of halogens is 3. The van der Waals surface area contributed by atoms with Gasteiger partial charge in [0.05, 0.1) is 10.9 Å². The number of alkyl halides is 1. The monoisotopic (exact) mass is 285 g/mol. The molecule has 1 heterocycles. The molecule has 3 rings (SSSR count). The molecule has 94 valence electrons. The Morgan fingerprint density at radius 3 is 2.72 bits per heavy atom. The zero-order valence-electron chi connectivity index (χ0n) is 9.41. The molecule has 3 nitrogen and oxygen atoms in total. The van der Waals surface area contributed by atoms with Crippen molar-refractivity contribution in [2.45, 2.75) is 24.8 Å². The largest absolute Gasteiger partial charge is 0.307 e.